The van der Waals surface area contributed by atoms with Gasteiger partial charge in [-0.15, -0.1) is 0 Å². The molecule has 7 heteroatoms. The van der Waals surface area contributed by atoms with Crippen LogP contribution in [0.4, 0.5) is 4.39 Å². The molecule has 0 amide bonds. The molecule has 3 aliphatic heterocycles. The molecule has 0 saturated carbocycles. The molecule has 1 atom stereocenters. The Morgan fingerprint density at radius 3 is 2.54 bits per heavy atom. The third-order valence-electron chi connectivity index (χ3n) is 4.73. The maximum atomic E-state index is 14.0. The lowest BCUT2D eigenvalue weighted by Crippen LogP contribution is -2.38. The molecular weight excluding hydrogens is 357 g/mol. The fraction of sp³-hybridized carbons (Fsp3) is 0.263. The van der Waals surface area contributed by atoms with Crippen molar-refractivity contribution in [3.05, 3.63) is 69.8 Å². The molecule has 1 unspecified atom stereocenters. The van der Waals surface area contributed by atoms with Crippen molar-refractivity contribution in [2.75, 3.05) is 6.54 Å². The summed E-state index contributed by atoms with van der Waals surface area (Å²) in [6.07, 6.45) is 4.63. The molecule has 26 heavy (non-hydrogen) atoms. The Hall–Kier alpha value is -2.38. The molecule has 1 aromatic carbocycles. The second-order valence-electron chi connectivity index (χ2n) is 6.48. The first kappa shape index (κ1) is 17.1. The molecule has 0 aliphatic carbocycles. The Morgan fingerprint density at radius 2 is 1.85 bits per heavy atom. The van der Waals surface area contributed by atoms with Crippen molar-refractivity contribution in [2.24, 2.45) is 0 Å². The van der Waals surface area contributed by atoms with E-state index in [1.54, 1.807) is 17.5 Å². The number of carbonyl (C=O) groups excluding carboxylic acids is 2. The molecule has 1 spiro atoms. The van der Waals surface area contributed by atoms with E-state index >= 15 is 0 Å². The van der Waals surface area contributed by atoms with E-state index in [2.05, 4.69) is 4.90 Å². The first-order chi connectivity index (χ1) is 12.5. The van der Waals surface area contributed by atoms with Crippen LogP contribution < -0.4 is 0 Å². The number of halogens is 1. The van der Waals surface area contributed by atoms with Crippen LogP contribution in [-0.2, 0) is 24.5 Å². The lowest BCUT2D eigenvalue weighted by molar-refractivity contribution is -0.129. The van der Waals surface area contributed by atoms with Gasteiger partial charge in [0, 0.05) is 48.7 Å². The molecule has 5 nitrogen and oxygen atoms in total. The summed E-state index contributed by atoms with van der Waals surface area (Å²) in [6.45, 7) is 3.11. The minimum absolute atomic E-state index is 0.0891. The molecule has 4 rings (SSSR count). The van der Waals surface area contributed by atoms with Gasteiger partial charge in [-0.05, 0) is 24.6 Å². The second-order valence-corrected chi connectivity index (χ2v) is 8.67. The lowest BCUT2D eigenvalue weighted by Gasteiger charge is -2.42. The molecule has 1 aromatic rings. The van der Waals surface area contributed by atoms with Gasteiger partial charge in [-0.3, -0.25) is 4.90 Å². The SMILES string of the molecule is CC1CC2=C(C=CS23OC(=O)C=CC(=O)O3)CN1Cc1ccccc1F. The van der Waals surface area contributed by atoms with Gasteiger partial charge < -0.3 is 8.37 Å². The minimum Gasteiger partial charge on any atom is -0.332 e. The van der Waals surface area contributed by atoms with E-state index in [-0.39, 0.29) is 11.9 Å². The highest BCUT2D eigenvalue weighted by molar-refractivity contribution is 8.32. The Balaban J connectivity index is 1.60. The van der Waals surface area contributed by atoms with Crippen LogP contribution in [0, 0.1) is 5.82 Å². The van der Waals surface area contributed by atoms with Gasteiger partial charge in [0.1, 0.15) is 5.82 Å². The zero-order valence-corrected chi connectivity index (χ0v) is 15.0. The zero-order chi connectivity index (χ0) is 18.3. The van der Waals surface area contributed by atoms with Gasteiger partial charge in [0.2, 0.25) is 0 Å². The highest BCUT2D eigenvalue weighted by Crippen LogP contribution is 2.66. The fourth-order valence-corrected chi connectivity index (χ4v) is 5.78. The summed E-state index contributed by atoms with van der Waals surface area (Å²) in [5.74, 6) is -1.38. The summed E-state index contributed by atoms with van der Waals surface area (Å²) < 4.78 is 25.0. The molecule has 0 bridgehead atoms. The predicted octanol–water partition coefficient (Wildman–Crippen LogP) is 3.49. The van der Waals surface area contributed by atoms with E-state index in [1.807, 2.05) is 19.1 Å². The molecule has 0 aromatic heterocycles. The van der Waals surface area contributed by atoms with E-state index in [9.17, 15) is 14.0 Å². The van der Waals surface area contributed by atoms with E-state index in [0.29, 0.717) is 25.1 Å². The lowest BCUT2D eigenvalue weighted by atomic mass is 10.0. The van der Waals surface area contributed by atoms with Crippen LogP contribution in [0.3, 0.4) is 0 Å². The molecular formula is C19H18FNO4S. The van der Waals surface area contributed by atoms with Gasteiger partial charge in [0.15, 0.2) is 0 Å². The number of hydrogen-bond donors (Lipinski definition) is 0. The first-order valence-electron chi connectivity index (χ1n) is 8.33. The maximum Gasteiger partial charge on any atom is 0.354 e. The normalized spacial score (nSPS) is 25.7. The van der Waals surface area contributed by atoms with Gasteiger partial charge in [-0.25, -0.2) is 14.0 Å². The molecule has 0 saturated heterocycles. The number of fused-ring (bicyclic) bond motifs is 1. The van der Waals surface area contributed by atoms with Gasteiger partial charge in [-0.2, -0.15) is 0 Å². The van der Waals surface area contributed by atoms with Crippen molar-refractivity contribution in [1.82, 2.24) is 4.90 Å². The standard InChI is InChI=1S/C19H18FNO4S/c1-13-10-17-15(12-21(13)11-14-4-2-3-5-16(14)20)8-9-26(17)24-18(22)6-7-19(23)25-26/h2-9,13H,10-12H2,1H3. The molecule has 3 aliphatic rings. The topological polar surface area (TPSA) is 55.8 Å². The van der Waals surface area contributed by atoms with Gasteiger partial charge in [-0.1, -0.05) is 28.8 Å². The van der Waals surface area contributed by atoms with E-state index in [0.717, 1.165) is 22.6 Å². The number of carbonyl (C=O) groups is 2. The van der Waals surface area contributed by atoms with Crippen molar-refractivity contribution in [2.45, 2.75) is 25.9 Å². The fourth-order valence-electron chi connectivity index (χ4n) is 3.36. The third kappa shape index (κ3) is 2.97. The zero-order valence-electron chi connectivity index (χ0n) is 14.2. The Morgan fingerprint density at radius 1 is 1.15 bits per heavy atom. The van der Waals surface area contributed by atoms with Crippen molar-refractivity contribution >= 4 is 22.5 Å². The van der Waals surface area contributed by atoms with Crippen LogP contribution in [0.25, 0.3) is 0 Å². The smallest absolute Gasteiger partial charge is 0.332 e. The average molecular weight is 375 g/mol. The maximum absolute atomic E-state index is 14.0. The number of hydrogen-bond acceptors (Lipinski definition) is 5. The number of nitrogens with zero attached hydrogens (tertiary/aromatic N) is 1. The van der Waals surface area contributed by atoms with Crippen molar-refractivity contribution in [3.8, 4) is 0 Å². The van der Waals surface area contributed by atoms with Crippen LogP contribution in [0.1, 0.15) is 18.9 Å². The summed E-state index contributed by atoms with van der Waals surface area (Å²) in [6, 6.07) is 6.83. The monoisotopic (exact) mass is 375 g/mol. The van der Waals surface area contributed by atoms with Crippen molar-refractivity contribution < 1.29 is 22.3 Å². The van der Waals surface area contributed by atoms with Crippen molar-refractivity contribution in [1.29, 1.82) is 0 Å². The molecule has 136 valence electrons. The number of rotatable bonds is 2. The molecule has 3 heterocycles. The highest BCUT2D eigenvalue weighted by Gasteiger charge is 2.41. The quantitative estimate of drug-likeness (QED) is 0.792. The molecule has 0 fully saturated rings. The average Bonchev–Trinajstić information content (AvgIpc) is 2.83. The Bertz CT molecular complexity index is 856. The first-order valence-corrected chi connectivity index (χ1v) is 9.87. The highest BCUT2D eigenvalue weighted by atomic mass is 32.3. The van der Waals surface area contributed by atoms with Crippen LogP contribution in [-0.4, -0.2) is 29.4 Å². The summed E-state index contributed by atoms with van der Waals surface area (Å²) in [5, 5.41) is 1.69. The largest absolute Gasteiger partial charge is 0.354 e. The Kier molecular flexibility index (Phi) is 4.20. The summed E-state index contributed by atoms with van der Waals surface area (Å²) >= 11 is 0. The second kappa shape index (κ2) is 6.41. The molecule has 0 radical (unpaired) electrons. The van der Waals surface area contributed by atoms with Crippen LogP contribution in [0.5, 0.6) is 0 Å². The van der Waals surface area contributed by atoms with E-state index in [4.69, 9.17) is 8.37 Å². The summed E-state index contributed by atoms with van der Waals surface area (Å²) in [5.41, 5.74) is 1.61. The molecule has 0 N–H and O–H groups in total. The predicted molar refractivity (Wildman–Crippen MR) is 96.0 cm³/mol. The summed E-state index contributed by atoms with van der Waals surface area (Å²) in [4.78, 5) is 26.7. The number of benzene rings is 1. The minimum atomic E-state index is -2.50. The van der Waals surface area contributed by atoms with Crippen LogP contribution in [0.15, 0.2) is 58.4 Å². The van der Waals surface area contributed by atoms with Crippen LogP contribution in [0.2, 0.25) is 0 Å². The van der Waals surface area contributed by atoms with Gasteiger partial charge in [0.05, 0.1) is 4.91 Å². The van der Waals surface area contributed by atoms with Crippen molar-refractivity contribution in [3.63, 3.8) is 0 Å². The van der Waals surface area contributed by atoms with Gasteiger partial charge in [0.25, 0.3) is 0 Å². The van der Waals surface area contributed by atoms with Gasteiger partial charge >= 0.3 is 11.9 Å². The van der Waals surface area contributed by atoms with E-state index < -0.39 is 22.5 Å². The van der Waals surface area contributed by atoms with E-state index in [1.165, 1.54) is 6.07 Å². The Labute approximate surface area is 152 Å². The third-order valence-corrected chi connectivity index (χ3v) is 7.16. The van der Waals surface area contributed by atoms with Crippen LogP contribution >= 0.6 is 10.6 Å². The summed E-state index contributed by atoms with van der Waals surface area (Å²) in [7, 11) is -2.50.